The van der Waals surface area contributed by atoms with Crippen molar-refractivity contribution in [3.8, 4) is 0 Å². The number of methoxy groups -OCH3 is 2. The highest BCUT2D eigenvalue weighted by molar-refractivity contribution is 6.05. The summed E-state index contributed by atoms with van der Waals surface area (Å²) in [5.74, 6) is -3.52. The predicted octanol–water partition coefficient (Wildman–Crippen LogP) is 0.672. The molecule has 1 heterocycles. The van der Waals surface area contributed by atoms with Crippen molar-refractivity contribution in [2.45, 2.75) is 17.4 Å². The summed E-state index contributed by atoms with van der Waals surface area (Å²) >= 11 is 0. The van der Waals surface area contributed by atoms with Crippen LogP contribution in [0.3, 0.4) is 0 Å². The maximum Gasteiger partial charge on any atom is 0.320 e. The highest BCUT2D eigenvalue weighted by atomic mass is 16.6. The lowest BCUT2D eigenvalue weighted by Gasteiger charge is -2.34. The van der Waals surface area contributed by atoms with Crippen LogP contribution in [0, 0.1) is 11.8 Å². The Labute approximate surface area is 126 Å². The zero-order chi connectivity index (χ0) is 15.7. The second kappa shape index (κ2) is 3.95. The molecule has 2 aliphatic carbocycles. The molecule has 0 radical (unpaired) electrons. The highest BCUT2D eigenvalue weighted by Crippen LogP contribution is 2.68. The molecule has 2 fully saturated rings. The van der Waals surface area contributed by atoms with Crippen LogP contribution >= 0.6 is 0 Å². The number of hydrogen-bond donors (Lipinski definition) is 0. The van der Waals surface area contributed by atoms with Crippen molar-refractivity contribution in [2.24, 2.45) is 11.8 Å². The maximum atomic E-state index is 12.6. The van der Waals surface area contributed by atoms with E-state index in [9.17, 15) is 14.4 Å². The molecule has 3 aliphatic rings. The van der Waals surface area contributed by atoms with Crippen LogP contribution in [0.4, 0.5) is 0 Å². The average Bonchev–Trinajstić information content (AvgIpc) is 3.13. The third kappa shape index (κ3) is 1.16. The smallest absolute Gasteiger partial charge is 0.320 e. The number of cyclic esters (lactones) is 2. The molecular formula is C16H14O6. The number of esters is 3. The van der Waals surface area contributed by atoms with Crippen molar-refractivity contribution >= 4 is 17.9 Å². The minimum Gasteiger partial charge on any atom is -0.468 e. The molecule has 6 nitrogen and oxygen atoms in total. The van der Waals surface area contributed by atoms with E-state index in [4.69, 9.17) is 14.2 Å². The first-order valence-corrected chi connectivity index (χ1v) is 7.02. The standard InChI is InChI=1S/C16H14O6/c1-20-14(19)15-7-16(21-2,9-6-4-3-5-8(9)15)11-10(15)12(17)22-13(11)18/h3-6,10-11H,7H2,1-2H3. The van der Waals surface area contributed by atoms with Crippen molar-refractivity contribution < 1.29 is 28.6 Å². The molecule has 2 bridgehead atoms. The van der Waals surface area contributed by atoms with Gasteiger partial charge in [0.05, 0.1) is 13.0 Å². The van der Waals surface area contributed by atoms with Gasteiger partial charge in [-0.2, -0.15) is 0 Å². The van der Waals surface area contributed by atoms with Crippen LogP contribution in [0.15, 0.2) is 24.3 Å². The third-order valence-corrected chi connectivity index (χ3v) is 5.39. The second-order valence-corrected chi connectivity index (χ2v) is 5.97. The summed E-state index contributed by atoms with van der Waals surface area (Å²) in [6.45, 7) is 0. The van der Waals surface area contributed by atoms with Gasteiger partial charge in [-0.25, -0.2) is 0 Å². The normalized spacial score (nSPS) is 37.7. The lowest BCUT2D eigenvalue weighted by Crippen LogP contribution is -2.46. The summed E-state index contributed by atoms with van der Waals surface area (Å²) in [4.78, 5) is 37.1. The van der Waals surface area contributed by atoms with Crippen LogP contribution in [0.5, 0.6) is 0 Å². The number of carbonyl (C=O) groups excluding carboxylic acids is 3. The molecule has 0 amide bonds. The first-order chi connectivity index (χ1) is 10.5. The van der Waals surface area contributed by atoms with E-state index < -0.39 is 40.8 Å². The Balaban J connectivity index is 2.07. The number of benzene rings is 1. The van der Waals surface area contributed by atoms with Crippen molar-refractivity contribution in [1.29, 1.82) is 0 Å². The van der Waals surface area contributed by atoms with Gasteiger partial charge in [0, 0.05) is 13.5 Å². The molecule has 4 unspecified atom stereocenters. The van der Waals surface area contributed by atoms with E-state index >= 15 is 0 Å². The topological polar surface area (TPSA) is 78.9 Å². The van der Waals surface area contributed by atoms with Gasteiger partial charge in [-0.3, -0.25) is 14.4 Å². The van der Waals surface area contributed by atoms with Gasteiger partial charge in [-0.15, -0.1) is 0 Å². The van der Waals surface area contributed by atoms with Crippen LogP contribution in [-0.4, -0.2) is 32.1 Å². The van der Waals surface area contributed by atoms with E-state index in [1.165, 1.54) is 14.2 Å². The van der Waals surface area contributed by atoms with Gasteiger partial charge in [0.2, 0.25) is 0 Å². The summed E-state index contributed by atoms with van der Waals surface area (Å²) in [5, 5.41) is 0. The van der Waals surface area contributed by atoms with Crippen LogP contribution < -0.4 is 0 Å². The minimum absolute atomic E-state index is 0.221. The largest absolute Gasteiger partial charge is 0.468 e. The molecule has 1 aromatic carbocycles. The number of fused-ring (bicyclic) bond motifs is 8. The Bertz CT molecular complexity index is 725. The van der Waals surface area contributed by atoms with Crippen LogP contribution in [0.25, 0.3) is 0 Å². The van der Waals surface area contributed by atoms with Crippen molar-refractivity contribution in [3.63, 3.8) is 0 Å². The molecule has 4 rings (SSSR count). The quantitative estimate of drug-likeness (QED) is 0.590. The summed E-state index contributed by atoms with van der Waals surface area (Å²) in [6.07, 6.45) is 0.221. The van der Waals surface area contributed by atoms with E-state index in [1.807, 2.05) is 12.1 Å². The Morgan fingerprint density at radius 1 is 1.14 bits per heavy atom. The summed E-state index contributed by atoms with van der Waals surface area (Å²) < 4.78 is 15.5. The number of rotatable bonds is 2. The van der Waals surface area contributed by atoms with Crippen molar-refractivity contribution in [2.75, 3.05) is 14.2 Å². The van der Waals surface area contributed by atoms with Gasteiger partial charge in [-0.05, 0) is 11.1 Å². The Morgan fingerprint density at radius 3 is 2.41 bits per heavy atom. The Hall–Kier alpha value is -2.21. The lowest BCUT2D eigenvalue weighted by atomic mass is 9.67. The fraction of sp³-hybridized carbons (Fsp3) is 0.438. The zero-order valence-corrected chi connectivity index (χ0v) is 12.1. The van der Waals surface area contributed by atoms with Gasteiger partial charge in [0.25, 0.3) is 0 Å². The minimum atomic E-state index is -1.21. The van der Waals surface area contributed by atoms with Crippen molar-refractivity contribution in [3.05, 3.63) is 35.4 Å². The fourth-order valence-corrected chi connectivity index (χ4v) is 4.64. The van der Waals surface area contributed by atoms with Crippen LogP contribution in [-0.2, 0) is 39.6 Å². The molecule has 1 saturated heterocycles. The molecule has 1 aromatic rings. The van der Waals surface area contributed by atoms with Crippen LogP contribution in [0.2, 0.25) is 0 Å². The third-order valence-electron chi connectivity index (χ3n) is 5.39. The van der Waals surface area contributed by atoms with E-state index in [0.717, 1.165) is 5.56 Å². The van der Waals surface area contributed by atoms with Gasteiger partial charge >= 0.3 is 17.9 Å². The van der Waals surface area contributed by atoms with Gasteiger partial charge < -0.3 is 14.2 Å². The first kappa shape index (κ1) is 13.5. The molecule has 0 N–H and O–H groups in total. The molecule has 0 aromatic heterocycles. The Morgan fingerprint density at radius 2 is 1.77 bits per heavy atom. The molecule has 114 valence electrons. The van der Waals surface area contributed by atoms with Gasteiger partial charge in [-0.1, -0.05) is 24.3 Å². The van der Waals surface area contributed by atoms with E-state index in [2.05, 4.69) is 0 Å². The Kier molecular flexibility index (Phi) is 2.42. The number of carbonyl (C=O) groups is 3. The molecule has 1 aliphatic heterocycles. The van der Waals surface area contributed by atoms with Crippen molar-refractivity contribution in [1.82, 2.24) is 0 Å². The first-order valence-electron chi connectivity index (χ1n) is 7.02. The molecule has 6 heteroatoms. The van der Waals surface area contributed by atoms with E-state index in [-0.39, 0.29) is 6.42 Å². The molecule has 1 saturated carbocycles. The number of ether oxygens (including phenoxy) is 3. The summed E-state index contributed by atoms with van der Waals surface area (Å²) in [6, 6.07) is 7.24. The summed E-state index contributed by atoms with van der Waals surface area (Å²) in [7, 11) is 2.77. The van der Waals surface area contributed by atoms with Crippen LogP contribution in [0.1, 0.15) is 17.5 Å². The second-order valence-electron chi connectivity index (χ2n) is 5.97. The SMILES string of the molecule is COC(=O)C12CC(OC)(c3ccccc31)C1C(=O)OC(=O)C12. The molecule has 0 spiro atoms. The molecule has 22 heavy (non-hydrogen) atoms. The van der Waals surface area contributed by atoms with E-state index in [0.29, 0.717) is 5.56 Å². The average molecular weight is 302 g/mol. The zero-order valence-electron chi connectivity index (χ0n) is 12.1. The van der Waals surface area contributed by atoms with E-state index in [1.54, 1.807) is 12.1 Å². The maximum absolute atomic E-state index is 12.6. The van der Waals surface area contributed by atoms with Gasteiger partial charge in [0.1, 0.15) is 16.9 Å². The fourth-order valence-electron chi connectivity index (χ4n) is 4.64. The monoisotopic (exact) mass is 302 g/mol. The molecular weight excluding hydrogens is 288 g/mol. The van der Waals surface area contributed by atoms with Gasteiger partial charge in [0.15, 0.2) is 0 Å². The number of hydrogen-bond acceptors (Lipinski definition) is 6. The summed E-state index contributed by atoms with van der Waals surface area (Å²) in [5.41, 5.74) is -0.777. The molecule has 4 atom stereocenters. The lowest BCUT2D eigenvalue weighted by molar-refractivity contribution is -0.161. The highest BCUT2D eigenvalue weighted by Gasteiger charge is 2.79. The predicted molar refractivity (Wildman–Crippen MR) is 71.5 cm³/mol.